The molecule has 148 valence electrons. The molecule has 5 nitrogen and oxygen atoms in total. The summed E-state index contributed by atoms with van der Waals surface area (Å²) in [7, 11) is 1.63. The first kappa shape index (κ1) is 20.7. The molecule has 1 amide bonds. The van der Waals surface area contributed by atoms with Gasteiger partial charge in [0.1, 0.15) is 12.3 Å². The van der Waals surface area contributed by atoms with Gasteiger partial charge in [0.25, 0.3) is 0 Å². The molecule has 0 aliphatic carbocycles. The van der Waals surface area contributed by atoms with Gasteiger partial charge in [-0.15, -0.1) is 12.4 Å². The van der Waals surface area contributed by atoms with Crippen molar-refractivity contribution in [3.05, 3.63) is 58.2 Å². The average Bonchev–Trinajstić information content (AvgIpc) is 2.83. The Balaban J connectivity index is 0.00000225. The van der Waals surface area contributed by atoms with Crippen LogP contribution in [0.15, 0.2) is 46.9 Å². The van der Waals surface area contributed by atoms with Crippen LogP contribution in [0.1, 0.15) is 11.3 Å². The fraction of sp³-hybridized carbons (Fsp3) is 0.286. The normalized spacial score (nSPS) is 13.4. The van der Waals surface area contributed by atoms with Gasteiger partial charge in [-0.2, -0.15) is 0 Å². The molecule has 1 aromatic heterocycles. The molecule has 2 aromatic carbocycles. The number of amides is 1. The van der Waals surface area contributed by atoms with Crippen LogP contribution in [0.5, 0.6) is 5.75 Å². The zero-order valence-corrected chi connectivity index (χ0v) is 18.0. The predicted molar refractivity (Wildman–Crippen MR) is 119 cm³/mol. The second-order valence-electron chi connectivity index (χ2n) is 6.67. The maximum absolute atomic E-state index is 12.8. The van der Waals surface area contributed by atoms with Crippen LogP contribution in [0, 0.1) is 0 Å². The Bertz CT molecular complexity index is 985. The lowest BCUT2D eigenvalue weighted by Gasteiger charge is -2.12. The SMILES string of the molecule is COc1ccc(NC(=O)Cn2c3c(c4cccc(Br)c42)CCNCC3)cc1.Cl. The van der Waals surface area contributed by atoms with Crippen molar-refractivity contribution in [1.82, 2.24) is 9.88 Å². The standard InChI is InChI=1S/C21H22BrN3O2.ClH/c1-27-15-7-5-14(6-8-15)24-20(26)13-25-19-10-12-23-11-9-16(19)17-3-2-4-18(22)21(17)25;/h2-8,23H,9-13H2,1H3,(H,24,26);1H. The fourth-order valence-corrected chi connectivity index (χ4v) is 4.37. The molecule has 0 saturated carbocycles. The number of hydrogen-bond donors (Lipinski definition) is 2. The zero-order chi connectivity index (χ0) is 18.8. The highest BCUT2D eigenvalue weighted by molar-refractivity contribution is 9.10. The monoisotopic (exact) mass is 463 g/mol. The van der Waals surface area contributed by atoms with Crippen LogP contribution < -0.4 is 15.4 Å². The van der Waals surface area contributed by atoms with Crippen LogP contribution in [0.25, 0.3) is 10.9 Å². The van der Waals surface area contributed by atoms with E-state index in [4.69, 9.17) is 4.74 Å². The number of fused-ring (bicyclic) bond motifs is 3. The molecule has 1 aliphatic rings. The van der Waals surface area contributed by atoms with Crippen molar-refractivity contribution in [2.24, 2.45) is 0 Å². The minimum atomic E-state index is -0.0344. The number of carbonyl (C=O) groups excluding carboxylic acids is 1. The van der Waals surface area contributed by atoms with Crippen molar-refractivity contribution in [3.8, 4) is 5.75 Å². The Kier molecular flexibility index (Phi) is 6.65. The molecular weight excluding hydrogens is 442 g/mol. The van der Waals surface area contributed by atoms with Crippen LogP contribution in [-0.4, -0.2) is 30.7 Å². The lowest BCUT2D eigenvalue weighted by atomic mass is 10.1. The average molecular weight is 465 g/mol. The van der Waals surface area contributed by atoms with Gasteiger partial charge in [-0.1, -0.05) is 12.1 Å². The number of aromatic nitrogens is 1. The quantitative estimate of drug-likeness (QED) is 0.609. The van der Waals surface area contributed by atoms with Crippen molar-refractivity contribution in [1.29, 1.82) is 0 Å². The second kappa shape index (κ2) is 8.99. The van der Waals surface area contributed by atoms with E-state index < -0.39 is 0 Å². The van der Waals surface area contributed by atoms with Crippen molar-refractivity contribution >= 4 is 50.8 Å². The summed E-state index contributed by atoms with van der Waals surface area (Å²) in [4.78, 5) is 12.8. The molecule has 0 saturated heterocycles. The third kappa shape index (κ3) is 4.04. The summed E-state index contributed by atoms with van der Waals surface area (Å²) in [5, 5.41) is 7.68. The molecule has 0 bridgehead atoms. The summed E-state index contributed by atoms with van der Waals surface area (Å²) in [6.45, 7) is 2.19. The third-order valence-corrected chi connectivity index (χ3v) is 5.66. The maximum atomic E-state index is 12.8. The second-order valence-corrected chi connectivity index (χ2v) is 7.53. The van der Waals surface area contributed by atoms with Crippen molar-refractivity contribution < 1.29 is 9.53 Å². The van der Waals surface area contributed by atoms with E-state index in [1.54, 1.807) is 7.11 Å². The molecule has 0 radical (unpaired) electrons. The maximum Gasteiger partial charge on any atom is 0.244 e. The van der Waals surface area contributed by atoms with Gasteiger partial charge in [0.05, 0.1) is 12.6 Å². The zero-order valence-electron chi connectivity index (χ0n) is 15.6. The topological polar surface area (TPSA) is 55.3 Å². The number of nitrogens with one attached hydrogen (secondary N) is 2. The number of hydrogen-bond acceptors (Lipinski definition) is 3. The fourth-order valence-electron chi connectivity index (χ4n) is 3.79. The van der Waals surface area contributed by atoms with Crippen LogP contribution in [0.4, 0.5) is 5.69 Å². The number of carbonyl (C=O) groups is 1. The summed E-state index contributed by atoms with van der Waals surface area (Å²) >= 11 is 3.68. The Morgan fingerprint density at radius 1 is 1.18 bits per heavy atom. The van der Waals surface area contributed by atoms with Gasteiger partial charge in [-0.05, 0) is 64.8 Å². The molecule has 0 unspecified atom stereocenters. The van der Waals surface area contributed by atoms with E-state index in [1.165, 1.54) is 16.6 Å². The minimum absolute atomic E-state index is 0. The van der Waals surface area contributed by atoms with Crippen LogP contribution in [0.3, 0.4) is 0 Å². The van der Waals surface area contributed by atoms with Crippen molar-refractivity contribution in [2.75, 3.05) is 25.5 Å². The van der Waals surface area contributed by atoms with Gasteiger partial charge in [0.15, 0.2) is 0 Å². The van der Waals surface area contributed by atoms with E-state index in [0.717, 1.165) is 47.4 Å². The van der Waals surface area contributed by atoms with Crippen LogP contribution in [0.2, 0.25) is 0 Å². The number of para-hydroxylation sites is 1. The summed E-state index contributed by atoms with van der Waals surface area (Å²) in [6.07, 6.45) is 1.90. The van der Waals surface area contributed by atoms with Crippen LogP contribution in [-0.2, 0) is 24.2 Å². The van der Waals surface area contributed by atoms with Crippen molar-refractivity contribution in [2.45, 2.75) is 19.4 Å². The summed E-state index contributed by atoms with van der Waals surface area (Å²) in [5.41, 5.74) is 4.48. The highest BCUT2D eigenvalue weighted by Crippen LogP contribution is 2.33. The van der Waals surface area contributed by atoms with E-state index in [-0.39, 0.29) is 18.3 Å². The van der Waals surface area contributed by atoms with E-state index >= 15 is 0 Å². The largest absolute Gasteiger partial charge is 0.497 e. The first-order chi connectivity index (χ1) is 13.2. The lowest BCUT2D eigenvalue weighted by molar-refractivity contribution is -0.116. The van der Waals surface area contributed by atoms with Gasteiger partial charge in [0, 0.05) is 34.2 Å². The summed E-state index contributed by atoms with van der Waals surface area (Å²) in [5.74, 6) is 0.735. The first-order valence-electron chi connectivity index (χ1n) is 9.10. The Morgan fingerprint density at radius 3 is 2.68 bits per heavy atom. The summed E-state index contributed by atoms with van der Waals surface area (Å²) < 4.78 is 8.36. The molecule has 3 aromatic rings. The molecule has 0 spiro atoms. The smallest absolute Gasteiger partial charge is 0.244 e. The molecular formula is C21H23BrClN3O2. The van der Waals surface area contributed by atoms with Crippen molar-refractivity contribution in [3.63, 3.8) is 0 Å². The predicted octanol–water partition coefficient (Wildman–Crippen LogP) is 4.16. The minimum Gasteiger partial charge on any atom is -0.497 e. The highest BCUT2D eigenvalue weighted by atomic mass is 79.9. The van der Waals surface area contributed by atoms with E-state index in [9.17, 15) is 4.79 Å². The van der Waals surface area contributed by atoms with Gasteiger partial charge in [-0.25, -0.2) is 0 Å². The van der Waals surface area contributed by atoms with Gasteiger partial charge in [0.2, 0.25) is 5.91 Å². The molecule has 0 atom stereocenters. The number of rotatable bonds is 4. The number of benzene rings is 2. The lowest BCUT2D eigenvalue weighted by Crippen LogP contribution is -2.21. The molecule has 2 N–H and O–H groups in total. The Labute approximate surface area is 179 Å². The molecule has 1 aliphatic heterocycles. The molecule has 0 fully saturated rings. The third-order valence-electron chi connectivity index (χ3n) is 5.02. The Morgan fingerprint density at radius 2 is 1.93 bits per heavy atom. The van der Waals surface area contributed by atoms with E-state index in [1.807, 2.05) is 30.3 Å². The molecule has 2 heterocycles. The first-order valence-corrected chi connectivity index (χ1v) is 9.90. The summed E-state index contributed by atoms with van der Waals surface area (Å²) in [6, 6.07) is 13.6. The number of methoxy groups -OCH3 is 1. The van der Waals surface area contributed by atoms with Gasteiger partial charge in [-0.3, -0.25) is 4.79 Å². The Hall–Kier alpha value is -2.02. The number of nitrogens with zero attached hydrogens (tertiary/aromatic N) is 1. The number of halogens is 2. The highest BCUT2D eigenvalue weighted by Gasteiger charge is 2.21. The van der Waals surface area contributed by atoms with Gasteiger partial charge >= 0.3 is 0 Å². The van der Waals surface area contributed by atoms with E-state index in [0.29, 0.717) is 6.54 Å². The molecule has 7 heteroatoms. The molecule has 4 rings (SSSR count). The molecule has 28 heavy (non-hydrogen) atoms. The van der Waals surface area contributed by atoms with E-state index in [2.05, 4.69) is 43.3 Å². The van der Waals surface area contributed by atoms with Crippen LogP contribution >= 0.6 is 28.3 Å². The van der Waals surface area contributed by atoms with Gasteiger partial charge < -0.3 is 19.9 Å². The number of ether oxygens (including phenoxy) is 1. The number of anilines is 1.